The quantitative estimate of drug-likeness (QED) is 0.700. The number of carbonyl (C=O) groups is 1. The third kappa shape index (κ3) is 6.08. The fraction of sp³-hybridized carbons (Fsp3) is 0.600. The summed E-state index contributed by atoms with van der Waals surface area (Å²) in [6, 6.07) is 2.06. The van der Waals surface area contributed by atoms with Gasteiger partial charge in [-0.2, -0.15) is 0 Å². The summed E-state index contributed by atoms with van der Waals surface area (Å²) in [4.78, 5) is 18.4. The van der Waals surface area contributed by atoms with Gasteiger partial charge >= 0.3 is 5.97 Å². The maximum atomic E-state index is 11.7. The Balaban J connectivity index is 0.00000134. The van der Waals surface area contributed by atoms with Crippen LogP contribution in [0.5, 0.6) is 0 Å². The van der Waals surface area contributed by atoms with Crippen molar-refractivity contribution in [2.45, 2.75) is 80.9 Å². The first-order chi connectivity index (χ1) is 11.6. The largest absolute Gasteiger partial charge is 0.479 e. The molecule has 2 aromatic heterocycles. The van der Waals surface area contributed by atoms with Crippen molar-refractivity contribution in [2.75, 3.05) is 0 Å². The highest BCUT2D eigenvalue weighted by atomic mass is 32.1. The van der Waals surface area contributed by atoms with E-state index in [2.05, 4.69) is 11.1 Å². The molecule has 0 amide bonds. The fourth-order valence-corrected chi connectivity index (χ4v) is 3.44. The van der Waals surface area contributed by atoms with Gasteiger partial charge in [-0.15, -0.1) is 11.3 Å². The summed E-state index contributed by atoms with van der Waals surface area (Å²) in [6.07, 6.45) is -0.998. The Morgan fingerprint density at radius 3 is 2.12 bits per heavy atom. The van der Waals surface area contributed by atoms with E-state index in [4.69, 9.17) is 4.74 Å². The Morgan fingerprint density at radius 2 is 1.68 bits per heavy atom. The van der Waals surface area contributed by atoms with Crippen LogP contribution in [-0.4, -0.2) is 21.7 Å². The van der Waals surface area contributed by atoms with Crippen LogP contribution >= 0.6 is 11.3 Å². The van der Waals surface area contributed by atoms with E-state index in [0.717, 1.165) is 21.5 Å². The molecule has 0 bridgehead atoms. The smallest absolute Gasteiger partial charge is 0.337 e. The van der Waals surface area contributed by atoms with Crippen molar-refractivity contribution in [3.05, 3.63) is 27.8 Å². The molecule has 1 atom stereocenters. The first-order valence-corrected chi connectivity index (χ1v) is 9.69. The summed E-state index contributed by atoms with van der Waals surface area (Å²) >= 11 is 1.62. The van der Waals surface area contributed by atoms with E-state index < -0.39 is 17.7 Å². The van der Waals surface area contributed by atoms with Crippen molar-refractivity contribution in [2.24, 2.45) is 0 Å². The van der Waals surface area contributed by atoms with E-state index in [1.54, 1.807) is 11.3 Å². The zero-order chi connectivity index (χ0) is 19.9. The molecule has 0 fully saturated rings. The first kappa shape index (κ1) is 23.5. The van der Waals surface area contributed by atoms with Gasteiger partial charge in [-0.1, -0.05) is 27.7 Å². The molecule has 1 unspecified atom stereocenters. The number of thiophene rings is 1. The van der Waals surface area contributed by atoms with Gasteiger partial charge in [-0.05, 0) is 53.2 Å². The molecular formula is C20H33NO3S. The molecule has 4 nitrogen and oxygen atoms in total. The van der Waals surface area contributed by atoms with Gasteiger partial charge < -0.3 is 9.84 Å². The highest BCUT2D eigenvalue weighted by molar-refractivity contribution is 7.18. The molecule has 0 spiro atoms. The number of aryl methyl sites for hydroxylation is 3. The highest BCUT2D eigenvalue weighted by Crippen LogP contribution is 2.35. The van der Waals surface area contributed by atoms with E-state index in [-0.39, 0.29) is 0 Å². The Kier molecular flexibility index (Phi) is 9.30. The van der Waals surface area contributed by atoms with E-state index in [1.165, 1.54) is 4.88 Å². The predicted octanol–water partition coefficient (Wildman–Crippen LogP) is 6.21. The molecule has 0 aliphatic carbocycles. The second-order valence-electron chi connectivity index (χ2n) is 6.26. The highest BCUT2D eigenvalue weighted by Gasteiger charge is 2.30. The minimum atomic E-state index is -0.998. The maximum Gasteiger partial charge on any atom is 0.337 e. The summed E-state index contributed by atoms with van der Waals surface area (Å²) in [5.74, 6) is -0.982. The second kappa shape index (κ2) is 9.88. The molecule has 0 saturated carbocycles. The van der Waals surface area contributed by atoms with Crippen LogP contribution in [0.4, 0.5) is 0 Å². The minimum Gasteiger partial charge on any atom is -0.479 e. The van der Waals surface area contributed by atoms with Gasteiger partial charge in [0, 0.05) is 21.5 Å². The maximum absolute atomic E-state index is 11.7. The number of carboxylic acid groups (broad SMARTS) is 1. The average molecular weight is 368 g/mol. The number of hydrogen-bond donors (Lipinski definition) is 1. The normalized spacial score (nSPS) is 11.9. The molecule has 2 aromatic rings. The predicted molar refractivity (Wildman–Crippen MR) is 108 cm³/mol. The summed E-state index contributed by atoms with van der Waals surface area (Å²) in [5, 5.41) is 10.6. The van der Waals surface area contributed by atoms with Crippen LogP contribution in [0.1, 0.15) is 76.3 Å². The average Bonchev–Trinajstić information content (AvgIpc) is 2.89. The lowest BCUT2D eigenvalue weighted by Gasteiger charge is -2.27. The standard InChI is InChI=1S/C16H21NO3S.2C2H6/c1-8-7-11-9(2)12(10(3)17-14(11)21-8)13(15(18)19)20-16(4,5)6;2*1-2/h7,13H,1-6H3,(H,18,19);2*1-2H3. The lowest BCUT2D eigenvalue weighted by molar-refractivity contribution is -0.160. The molecule has 0 radical (unpaired) electrons. The fourth-order valence-electron chi connectivity index (χ4n) is 2.46. The van der Waals surface area contributed by atoms with Crippen LogP contribution in [0.3, 0.4) is 0 Å². The van der Waals surface area contributed by atoms with Gasteiger partial charge in [0.05, 0.1) is 5.60 Å². The van der Waals surface area contributed by atoms with Gasteiger partial charge in [0.2, 0.25) is 0 Å². The number of ether oxygens (including phenoxy) is 1. The number of fused-ring (bicyclic) bond motifs is 1. The third-order valence-electron chi connectivity index (χ3n) is 3.26. The van der Waals surface area contributed by atoms with Gasteiger partial charge in [-0.25, -0.2) is 9.78 Å². The van der Waals surface area contributed by atoms with Crippen LogP contribution in [0.15, 0.2) is 6.07 Å². The monoisotopic (exact) mass is 367 g/mol. The SMILES string of the molecule is CC.CC.Cc1cc2c(C)c(C(OC(C)(C)C)C(=O)O)c(C)nc2s1. The lowest BCUT2D eigenvalue weighted by Crippen LogP contribution is -2.28. The molecule has 0 aliphatic heterocycles. The molecular weight excluding hydrogens is 334 g/mol. The number of aromatic nitrogens is 1. The van der Waals surface area contributed by atoms with Crippen molar-refractivity contribution in [3.8, 4) is 0 Å². The van der Waals surface area contributed by atoms with E-state index in [9.17, 15) is 9.90 Å². The van der Waals surface area contributed by atoms with Crippen LogP contribution in [0.25, 0.3) is 10.2 Å². The molecule has 0 aromatic carbocycles. The number of nitrogens with zero attached hydrogens (tertiary/aromatic N) is 1. The first-order valence-electron chi connectivity index (χ1n) is 8.88. The van der Waals surface area contributed by atoms with E-state index in [0.29, 0.717) is 5.56 Å². The van der Waals surface area contributed by atoms with E-state index >= 15 is 0 Å². The number of carboxylic acids is 1. The molecule has 1 N–H and O–H groups in total. The van der Waals surface area contributed by atoms with Gasteiger partial charge in [0.15, 0.2) is 6.10 Å². The van der Waals surface area contributed by atoms with Gasteiger partial charge in [-0.3, -0.25) is 0 Å². The Bertz CT molecular complexity index is 699. The number of rotatable bonds is 3. The molecule has 5 heteroatoms. The van der Waals surface area contributed by atoms with Crippen molar-refractivity contribution in [1.82, 2.24) is 4.98 Å². The zero-order valence-corrected chi connectivity index (χ0v) is 18.1. The molecule has 2 heterocycles. The lowest BCUT2D eigenvalue weighted by atomic mass is 9.99. The Morgan fingerprint density at radius 1 is 1.16 bits per heavy atom. The van der Waals surface area contributed by atoms with Crippen LogP contribution < -0.4 is 0 Å². The number of hydrogen-bond acceptors (Lipinski definition) is 4. The zero-order valence-electron chi connectivity index (χ0n) is 17.3. The second-order valence-corrected chi connectivity index (χ2v) is 7.50. The summed E-state index contributed by atoms with van der Waals surface area (Å²) < 4.78 is 5.77. The number of pyridine rings is 1. The van der Waals surface area contributed by atoms with Crippen LogP contribution in [0.2, 0.25) is 0 Å². The van der Waals surface area contributed by atoms with Crippen molar-refractivity contribution < 1.29 is 14.6 Å². The molecule has 0 saturated heterocycles. The Hall–Kier alpha value is -1.46. The molecule has 2 rings (SSSR count). The third-order valence-corrected chi connectivity index (χ3v) is 4.20. The van der Waals surface area contributed by atoms with Crippen LogP contribution in [0, 0.1) is 20.8 Å². The topological polar surface area (TPSA) is 59.4 Å². The minimum absolute atomic E-state index is 0.540. The summed E-state index contributed by atoms with van der Waals surface area (Å²) in [7, 11) is 0. The Labute approximate surface area is 156 Å². The van der Waals surface area contributed by atoms with Crippen molar-refractivity contribution in [1.29, 1.82) is 0 Å². The molecule has 0 aliphatic rings. The van der Waals surface area contributed by atoms with Gasteiger partial charge in [0.1, 0.15) is 4.83 Å². The van der Waals surface area contributed by atoms with Crippen molar-refractivity contribution >= 4 is 27.5 Å². The van der Waals surface area contributed by atoms with E-state index in [1.807, 2.05) is 69.2 Å². The number of aliphatic carboxylic acids is 1. The summed E-state index contributed by atoms with van der Waals surface area (Å²) in [5.41, 5.74) is 1.79. The van der Waals surface area contributed by atoms with Crippen LogP contribution in [-0.2, 0) is 9.53 Å². The van der Waals surface area contributed by atoms with Gasteiger partial charge in [0.25, 0.3) is 0 Å². The molecule has 142 valence electrons. The van der Waals surface area contributed by atoms with Crippen molar-refractivity contribution in [3.63, 3.8) is 0 Å². The molecule has 25 heavy (non-hydrogen) atoms. The summed E-state index contributed by atoms with van der Waals surface area (Å²) in [6.45, 7) is 19.4.